The van der Waals surface area contributed by atoms with Crippen LogP contribution in [0.4, 0.5) is 13.2 Å². The third-order valence-electron chi connectivity index (χ3n) is 2.75. The van der Waals surface area contributed by atoms with E-state index in [4.69, 9.17) is 0 Å². The third-order valence-corrected chi connectivity index (χ3v) is 2.75. The number of carbonyl (C=O) groups is 1. The number of aromatic nitrogens is 1. The van der Waals surface area contributed by atoms with Gasteiger partial charge < -0.3 is 14.6 Å². The van der Waals surface area contributed by atoms with Crippen molar-refractivity contribution < 1.29 is 23.1 Å². The molecule has 1 aromatic heterocycles. The van der Waals surface area contributed by atoms with E-state index in [0.717, 1.165) is 4.57 Å². The van der Waals surface area contributed by atoms with Crippen molar-refractivity contribution in [1.29, 1.82) is 0 Å². The number of nitrogens with zero attached hydrogens (tertiary/aromatic N) is 2. The molecule has 0 atom stereocenters. The van der Waals surface area contributed by atoms with Gasteiger partial charge >= 0.3 is 6.18 Å². The summed E-state index contributed by atoms with van der Waals surface area (Å²) < 4.78 is 37.8. The number of aliphatic hydroxyl groups is 1. The number of amides is 1. The lowest BCUT2D eigenvalue weighted by Crippen LogP contribution is -2.61. The molecule has 1 aliphatic rings. The summed E-state index contributed by atoms with van der Waals surface area (Å²) in [6.07, 6.45) is -3.15. The van der Waals surface area contributed by atoms with Crippen LogP contribution in [-0.2, 0) is 6.54 Å². The predicted octanol–water partition coefficient (Wildman–Crippen LogP) is 1.26. The molecule has 0 spiro atoms. The smallest absolute Gasteiger partial charge is 0.386 e. The van der Waals surface area contributed by atoms with Crippen LogP contribution >= 0.6 is 0 Å². The van der Waals surface area contributed by atoms with E-state index in [1.165, 1.54) is 23.2 Å². The predicted molar refractivity (Wildman–Crippen MR) is 57.0 cm³/mol. The summed E-state index contributed by atoms with van der Waals surface area (Å²) >= 11 is 0. The maximum atomic E-state index is 12.3. The van der Waals surface area contributed by atoms with E-state index in [9.17, 15) is 23.1 Å². The molecule has 2 rings (SSSR count). The Labute approximate surface area is 102 Å². The van der Waals surface area contributed by atoms with Gasteiger partial charge in [0.25, 0.3) is 5.91 Å². The van der Waals surface area contributed by atoms with Gasteiger partial charge in [0.15, 0.2) is 0 Å². The SMILES string of the molecule is CC1(O)CN(C(=O)c2cccn2CC(F)(F)F)C1. The summed E-state index contributed by atoms with van der Waals surface area (Å²) in [4.78, 5) is 13.2. The van der Waals surface area contributed by atoms with E-state index in [0.29, 0.717) is 0 Å². The lowest BCUT2D eigenvalue weighted by atomic mass is 9.96. The highest BCUT2D eigenvalue weighted by Gasteiger charge is 2.40. The minimum Gasteiger partial charge on any atom is -0.386 e. The highest BCUT2D eigenvalue weighted by Crippen LogP contribution is 2.24. The second kappa shape index (κ2) is 4.01. The van der Waals surface area contributed by atoms with Gasteiger partial charge in [0.05, 0.1) is 18.7 Å². The van der Waals surface area contributed by atoms with E-state index in [2.05, 4.69) is 0 Å². The van der Waals surface area contributed by atoms with Crippen LogP contribution < -0.4 is 0 Å². The van der Waals surface area contributed by atoms with Crippen molar-refractivity contribution in [2.75, 3.05) is 13.1 Å². The van der Waals surface area contributed by atoms with E-state index in [-0.39, 0.29) is 18.8 Å². The Morgan fingerprint density at radius 3 is 2.61 bits per heavy atom. The van der Waals surface area contributed by atoms with Crippen molar-refractivity contribution in [3.8, 4) is 0 Å². The van der Waals surface area contributed by atoms with Crippen LogP contribution in [0.25, 0.3) is 0 Å². The van der Waals surface area contributed by atoms with Crippen LogP contribution in [0.5, 0.6) is 0 Å². The molecule has 4 nitrogen and oxygen atoms in total. The van der Waals surface area contributed by atoms with Crippen molar-refractivity contribution in [3.05, 3.63) is 24.0 Å². The number of alkyl halides is 3. The molecule has 1 N–H and O–H groups in total. The molecule has 0 radical (unpaired) electrons. The van der Waals surface area contributed by atoms with Gasteiger partial charge in [-0.15, -0.1) is 0 Å². The average Bonchev–Trinajstić information content (AvgIpc) is 2.58. The lowest BCUT2D eigenvalue weighted by molar-refractivity contribution is -0.140. The molecule has 2 heterocycles. The van der Waals surface area contributed by atoms with Crippen LogP contribution in [0.1, 0.15) is 17.4 Å². The van der Waals surface area contributed by atoms with Gasteiger partial charge in [-0.1, -0.05) is 0 Å². The van der Waals surface area contributed by atoms with E-state index < -0.39 is 24.2 Å². The molecule has 100 valence electrons. The zero-order valence-corrected chi connectivity index (χ0v) is 9.74. The summed E-state index contributed by atoms with van der Waals surface area (Å²) in [5.74, 6) is -0.490. The number of hydrogen-bond donors (Lipinski definition) is 1. The normalized spacial score (nSPS) is 18.6. The first-order chi connectivity index (χ1) is 8.18. The summed E-state index contributed by atoms with van der Waals surface area (Å²) in [6, 6.07) is 2.75. The second-order valence-corrected chi connectivity index (χ2v) is 4.79. The Hall–Kier alpha value is -1.50. The number of rotatable bonds is 2. The Bertz CT molecular complexity index is 457. The van der Waals surface area contributed by atoms with Crippen molar-refractivity contribution in [1.82, 2.24) is 9.47 Å². The van der Waals surface area contributed by atoms with Crippen LogP contribution in [0.3, 0.4) is 0 Å². The molecule has 18 heavy (non-hydrogen) atoms. The van der Waals surface area contributed by atoms with Crippen molar-refractivity contribution in [2.24, 2.45) is 0 Å². The van der Waals surface area contributed by atoms with Gasteiger partial charge in [-0.2, -0.15) is 13.2 Å². The van der Waals surface area contributed by atoms with E-state index in [1.807, 2.05) is 0 Å². The average molecular weight is 262 g/mol. The maximum Gasteiger partial charge on any atom is 0.406 e. The molecule has 1 amide bonds. The zero-order chi connectivity index (χ0) is 13.6. The van der Waals surface area contributed by atoms with E-state index >= 15 is 0 Å². The van der Waals surface area contributed by atoms with Crippen molar-refractivity contribution in [2.45, 2.75) is 25.2 Å². The van der Waals surface area contributed by atoms with Crippen LogP contribution in [-0.4, -0.2) is 45.3 Å². The molecule has 0 saturated carbocycles. The van der Waals surface area contributed by atoms with Gasteiger partial charge in [-0.05, 0) is 19.1 Å². The second-order valence-electron chi connectivity index (χ2n) is 4.79. The summed E-state index contributed by atoms with van der Waals surface area (Å²) in [7, 11) is 0. The Morgan fingerprint density at radius 2 is 2.11 bits per heavy atom. The summed E-state index contributed by atoms with van der Waals surface area (Å²) in [5.41, 5.74) is -0.945. The first-order valence-electron chi connectivity index (χ1n) is 5.41. The van der Waals surface area contributed by atoms with Crippen LogP contribution in [0.15, 0.2) is 18.3 Å². The summed E-state index contributed by atoms with van der Waals surface area (Å²) in [6.45, 7) is 0.670. The molecule has 7 heteroatoms. The molecule has 1 saturated heterocycles. The van der Waals surface area contributed by atoms with Crippen LogP contribution in [0.2, 0.25) is 0 Å². The molecule has 1 fully saturated rings. The first-order valence-corrected chi connectivity index (χ1v) is 5.41. The van der Waals surface area contributed by atoms with Crippen molar-refractivity contribution >= 4 is 5.91 Å². The number of halogens is 3. The Balaban J connectivity index is 2.10. The Kier molecular flexibility index (Phi) is 2.89. The fourth-order valence-corrected chi connectivity index (χ4v) is 2.02. The molecular weight excluding hydrogens is 249 g/mol. The molecule has 0 unspecified atom stereocenters. The first kappa shape index (κ1) is 12.9. The fourth-order valence-electron chi connectivity index (χ4n) is 2.02. The third kappa shape index (κ3) is 2.66. The minimum atomic E-state index is -4.37. The molecule has 0 aliphatic carbocycles. The monoisotopic (exact) mass is 262 g/mol. The number of hydrogen-bond acceptors (Lipinski definition) is 2. The maximum absolute atomic E-state index is 12.3. The summed E-state index contributed by atoms with van der Waals surface area (Å²) in [5, 5.41) is 9.51. The largest absolute Gasteiger partial charge is 0.406 e. The quantitative estimate of drug-likeness (QED) is 0.872. The van der Waals surface area contributed by atoms with Gasteiger partial charge in [-0.25, -0.2) is 0 Å². The van der Waals surface area contributed by atoms with Crippen LogP contribution in [0, 0.1) is 0 Å². The molecule has 1 aromatic rings. The minimum absolute atomic E-state index is 0.0113. The topological polar surface area (TPSA) is 45.5 Å². The Morgan fingerprint density at radius 1 is 1.50 bits per heavy atom. The standard InChI is InChI=1S/C11H13F3N2O2/c1-10(18)5-16(6-10)9(17)8-3-2-4-15(8)7-11(12,13)14/h2-4,18H,5-7H2,1H3. The number of β-amino-alcohol motifs (C(OH)–C–C–N with tert-alkyl or cyclic N) is 1. The fraction of sp³-hybridized carbons (Fsp3) is 0.545. The molecular formula is C11H13F3N2O2. The molecule has 1 aliphatic heterocycles. The van der Waals surface area contributed by atoms with Gasteiger partial charge in [0, 0.05) is 6.20 Å². The zero-order valence-electron chi connectivity index (χ0n) is 9.74. The number of likely N-dealkylation sites (tertiary alicyclic amines) is 1. The molecule has 0 aromatic carbocycles. The molecule has 0 bridgehead atoms. The number of carbonyl (C=O) groups excluding carboxylic acids is 1. The highest BCUT2D eigenvalue weighted by molar-refractivity contribution is 5.93. The van der Waals surface area contributed by atoms with Gasteiger partial charge in [-0.3, -0.25) is 4.79 Å². The van der Waals surface area contributed by atoms with Gasteiger partial charge in [0.1, 0.15) is 12.2 Å². The van der Waals surface area contributed by atoms with Crippen molar-refractivity contribution in [3.63, 3.8) is 0 Å². The highest BCUT2D eigenvalue weighted by atomic mass is 19.4. The lowest BCUT2D eigenvalue weighted by Gasteiger charge is -2.44. The van der Waals surface area contributed by atoms with E-state index in [1.54, 1.807) is 6.92 Å². The van der Waals surface area contributed by atoms with Gasteiger partial charge in [0.2, 0.25) is 0 Å².